The highest BCUT2D eigenvalue weighted by Gasteiger charge is 2.34. The number of aromatic amines is 1. The van der Waals surface area contributed by atoms with Crippen LogP contribution in [0.25, 0.3) is 22.2 Å². The predicted molar refractivity (Wildman–Crippen MR) is 149 cm³/mol. The molecule has 0 fully saturated rings. The lowest BCUT2D eigenvalue weighted by Gasteiger charge is -2.14. The maximum absolute atomic E-state index is 12.7. The van der Waals surface area contributed by atoms with Gasteiger partial charge in [0.2, 0.25) is 5.91 Å². The van der Waals surface area contributed by atoms with Crippen LogP contribution in [-0.2, 0) is 11.3 Å². The van der Waals surface area contributed by atoms with E-state index in [2.05, 4.69) is 32.2 Å². The molecule has 0 aliphatic carbocycles. The van der Waals surface area contributed by atoms with Crippen LogP contribution in [0.2, 0.25) is 0 Å². The second-order valence-corrected chi connectivity index (χ2v) is 8.99. The quantitative estimate of drug-likeness (QED) is 0.201. The summed E-state index contributed by atoms with van der Waals surface area (Å²) in [7, 11) is 0. The monoisotopic (exact) mass is 514 g/mol. The maximum Gasteiger partial charge on any atom is 0.261 e. The summed E-state index contributed by atoms with van der Waals surface area (Å²) in [6.07, 6.45) is 4.55. The van der Waals surface area contributed by atoms with Crippen LogP contribution in [0.3, 0.4) is 0 Å². The third-order valence-electron chi connectivity index (χ3n) is 6.53. The van der Waals surface area contributed by atoms with Gasteiger partial charge in [-0.05, 0) is 53.6 Å². The van der Waals surface area contributed by atoms with Gasteiger partial charge in [0, 0.05) is 23.1 Å². The number of H-pyrrole nitrogens is 1. The fourth-order valence-corrected chi connectivity index (χ4v) is 4.64. The Morgan fingerprint density at radius 1 is 0.897 bits per heavy atom. The van der Waals surface area contributed by atoms with Crippen molar-refractivity contribution in [2.75, 3.05) is 10.6 Å². The van der Waals surface area contributed by atoms with Gasteiger partial charge in [-0.1, -0.05) is 43.0 Å². The number of anilines is 3. The van der Waals surface area contributed by atoms with Gasteiger partial charge in [0.25, 0.3) is 11.8 Å². The second-order valence-electron chi connectivity index (χ2n) is 8.99. The van der Waals surface area contributed by atoms with E-state index in [1.54, 1.807) is 30.3 Å². The molecule has 9 nitrogen and oxygen atoms in total. The van der Waals surface area contributed by atoms with E-state index in [0.29, 0.717) is 28.3 Å². The van der Waals surface area contributed by atoms with E-state index in [9.17, 15) is 14.4 Å². The van der Waals surface area contributed by atoms with E-state index in [4.69, 9.17) is 0 Å². The molecule has 190 valence electrons. The van der Waals surface area contributed by atoms with Crippen LogP contribution < -0.4 is 10.6 Å². The van der Waals surface area contributed by atoms with Gasteiger partial charge in [0.1, 0.15) is 17.8 Å². The number of aromatic nitrogens is 3. The van der Waals surface area contributed by atoms with Gasteiger partial charge in [0.15, 0.2) is 0 Å². The molecule has 0 radical (unpaired) electrons. The Hall–Kier alpha value is -5.57. The first-order chi connectivity index (χ1) is 19.0. The Morgan fingerprint density at radius 2 is 1.64 bits per heavy atom. The molecule has 3 amide bonds. The van der Waals surface area contributed by atoms with E-state index in [1.807, 2.05) is 48.7 Å². The fourth-order valence-electron chi connectivity index (χ4n) is 4.64. The van der Waals surface area contributed by atoms with Crippen molar-refractivity contribution in [1.29, 1.82) is 0 Å². The molecule has 1 aliphatic rings. The number of imide groups is 1. The third kappa shape index (κ3) is 4.42. The van der Waals surface area contributed by atoms with Gasteiger partial charge in [0.05, 0.1) is 23.1 Å². The normalized spacial score (nSPS) is 12.5. The van der Waals surface area contributed by atoms with Gasteiger partial charge >= 0.3 is 0 Å². The molecule has 0 saturated heterocycles. The molecular weight excluding hydrogens is 492 g/mol. The summed E-state index contributed by atoms with van der Waals surface area (Å²) in [5.74, 6) is -0.253. The van der Waals surface area contributed by atoms with Crippen molar-refractivity contribution in [1.82, 2.24) is 19.9 Å². The van der Waals surface area contributed by atoms with Crippen LogP contribution in [-0.4, -0.2) is 37.6 Å². The Bertz CT molecular complexity index is 1740. The van der Waals surface area contributed by atoms with Crippen molar-refractivity contribution in [3.8, 4) is 11.1 Å². The van der Waals surface area contributed by atoms with Crippen LogP contribution in [0.1, 0.15) is 26.3 Å². The van der Waals surface area contributed by atoms with Crippen molar-refractivity contribution < 1.29 is 14.4 Å². The first-order valence-electron chi connectivity index (χ1n) is 12.2. The topological polar surface area (TPSA) is 120 Å². The first kappa shape index (κ1) is 23.8. The zero-order chi connectivity index (χ0) is 26.9. The van der Waals surface area contributed by atoms with Crippen molar-refractivity contribution in [3.05, 3.63) is 115 Å². The van der Waals surface area contributed by atoms with Gasteiger partial charge in [-0.25, -0.2) is 9.97 Å². The molecular formula is C30H22N6O3. The average Bonchev–Trinajstić information content (AvgIpc) is 3.50. The van der Waals surface area contributed by atoms with Crippen LogP contribution >= 0.6 is 0 Å². The number of benzene rings is 3. The molecule has 0 atom stereocenters. The summed E-state index contributed by atoms with van der Waals surface area (Å²) >= 11 is 0. The number of nitrogens with one attached hydrogen (secondary N) is 3. The minimum Gasteiger partial charge on any atom is -0.345 e. The highest BCUT2D eigenvalue weighted by atomic mass is 16.2. The predicted octanol–water partition coefficient (Wildman–Crippen LogP) is 5.29. The molecule has 3 N–H and O–H groups in total. The van der Waals surface area contributed by atoms with E-state index in [-0.39, 0.29) is 24.3 Å². The number of carbonyl (C=O) groups excluding carboxylic acids is 3. The Labute approximate surface area is 223 Å². The summed E-state index contributed by atoms with van der Waals surface area (Å²) in [6, 6.07) is 21.8. The maximum atomic E-state index is 12.7. The van der Waals surface area contributed by atoms with E-state index < -0.39 is 0 Å². The summed E-state index contributed by atoms with van der Waals surface area (Å²) in [6.45, 7) is 3.68. The molecule has 2 aromatic heterocycles. The van der Waals surface area contributed by atoms with E-state index in [1.165, 1.54) is 17.3 Å². The number of amides is 3. The van der Waals surface area contributed by atoms with Crippen molar-refractivity contribution >= 4 is 45.9 Å². The van der Waals surface area contributed by atoms with Crippen molar-refractivity contribution in [3.63, 3.8) is 0 Å². The summed E-state index contributed by atoms with van der Waals surface area (Å²) in [5.41, 5.74) is 5.51. The average molecular weight is 515 g/mol. The van der Waals surface area contributed by atoms with E-state index >= 15 is 0 Å². The molecule has 6 rings (SSSR count). The molecule has 3 aromatic carbocycles. The van der Waals surface area contributed by atoms with Crippen molar-refractivity contribution in [2.24, 2.45) is 0 Å². The van der Waals surface area contributed by atoms with E-state index in [0.717, 1.165) is 27.8 Å². The summed E-state index contributed by atoms with van der Waals surface area (Å²) < 4.78 is 0. The molecule has 9 heteroatoms. The molecule has 39 heavy (non-hydrogen) atoms. The van der Waals surface area contributed by atoms with Crippen molar-refractivity contribution in [2.45, 2.75) is 6.54 Å². The zero-order valence-corrected chi connectivity index (χ0v) is 20.6. The number of fused-ring (bicyclic) bond motifs is 2. The number of carbonyl (C=O) groups is 3. The number of hydrogen-bond acceptors (Lipinski definition) is 6. The van der Waals surface area contributed by atoms with Crippen LogP contribution in [0, 0.1) is 0 Å². The zero-order valence-electron chi connectivity index (χ0n) is 20.6. The minimum atomic E-state index is -0.289. The second kappa shape index (κ2) is 9.71. The van der Waals surface area contributed by atoms with Gasteiger partial charge in [-0.15, -0.1) is 0 Å². The number of rotatable bonds is 7. The highest BCUT2D eigenvalue weighted by Crippen LogP contribution is 2.34. The summed E-state index contributed by atoms with van der Waals surface area (Å²) in [4.78, 5) is 50.4. The largest absolute Gasteiger partial charge is 0.345 e. The molecule has 0 unspecified atom stereocenters. The standard InChI is InChI=1S/C30H22N6O3/c1-2-25(37)34-21-7-5-6-19(14-21)24-15-31-27-26(24)28(33-17-32-27)35-20-12-10-18(11-13-20)16-36-29(38)22-8-3-4-9-23(22)30(36)39/h2-15,17H,1,16H2,(H,34,37)(H2,31,32,33,35). The SMILES string of the molecule is C=CC(=O)Nc1cccc(-c2c[nH]c3ncnc(Nc4ccc(CN5C(=O)c6ccccc6C5=O)cc4)c23)c1. The lowest BCUT2D eigenvalue weighted by Crippen LogP contribution is -2.29. The van der Waals surface area contributed by atoms with Crippen LogP contribution in [0.5, 0.6) is 0 Å². The lowest BCUT2D eigenvalue weighted by molar-refractivity contribution is -0.111. The molecule has 1 aliphatic heterocycles. The Balaban J connectivity index is 1.24. The van der Waals surface area contributed by atoms with Gasteiger partial charge in [-0.2, -0.15) is 0 Å². The summed E-state index contributed by atoms with van der Waals surface area (Å²) in [5, 5.41) is 6.92. The highest BCUT2D eigenvalue weighted by molar-refractivity contribution is 6.21. The molecule has 5 aromatic rings. The number of nitrogens with zero attached hydrogens (tertiary/aromatic N) is 3. The first-order valence-corrected chi connectivity index (χ1v) is 12.2. The molecule has 3 heterocycles. The van der Waals surface area contributed by atoms with Crippen LogP contribution in [0.4, 0.5) is 17.2 Å². The van der Waals surface area contributed by atoms with Crippen LogP contribution in [0.15, 0.2) is 98.0 Å². The third-order valence-corrected chi connectivity index (χ3v) is 6.53. The Morgan fingerprint density at radius 3 is 2.36 bits per heavy atom. The molecule has 0 saturated carbocycles. The Kier molecular flexibility index (Phi) is 5.93. The van der Waals surface area contributed by atoms with Gasteiger partial charge in [-0.3, -0.25) is 19.3 Å². The minimum absolute atomic E-state index is 0.186. The smallest absolute Gasteiger partial charge is 0.261 e. The molecule has 0 spiro atoms. The molecule has 0 bridgehead atoms. The fraction of sp³-hybridized carbons (Fsp3) is 0.0333. The van der Waals surface area contributed by atoms with Gasteiger partial charge < -0.3 is 15.6 Å². The lowest BCUT2D eigenvalue weighted by atomic mass is 10.1. The number of hydrogen-bond donors (Lipinski definition) is 3.